The maximum absolute atomic E-state index is 12.4. The topological polar surface area (TPSA) is 64.4 Å². The van der Waals surface area contributed by atoms with Crippen molar-refractivity contribution < 1.29 is 13.9 Å². The van der Waals surface area contributed by atoms with E-state index in [0.29, 0.717) is 33.5 Å². The number of anilines is 1. The molecule has 5 nitrogen and oxygen atoms in total. The fraction of sp³-hybridized carbons (Fsp3) is 0.200. The average molecular weight is 435 g/mol. The van der Waals surface area contributed by atoms with E-state index in [1.807, 2.05) is 50.2 Å². The summed E-state index contributed by atoms with van der Waals surface area (Å²) in [6.45, 7) is 5.98. The van der Waals surface area contributed by atoms with Crippen LogP contribution in [0.5, 0.6) is 5.75 Å². The van der Waals surface area contributed by atoms with Gasteiger partial charge in [-0.05, 0) is 73.4 Å². The third-order valence-electron chi connectivity index (χ3n) is 5.25. The van der Waals surface area contributed by atoms with Gasteiger partial charge in [0, 0.05) is 5.69 Å². The summed E-state index contributed by atoms with van der Waals surface area (Å²) < 4.78 is 11.6. The van der Waals surface area contributed by atoms with Crippen molar-refractivity contribution in [3.8, 4) is 17.2 Å². The van der Waals surface area contributed by atoms with Gasteiger partial charge in [-0.3, -0.25) is 4.79 Å². The zero-order valence-electron chi connectivity index (χ0n) is 17.7. The molecule has 0 fully saturated rings. The van der Waals surface area contributed by atoms with E-state index in [1.165, 1.54) is 5.56 Å². The van der Waals surface area contributed by atoms with Crippen LogP contribution in [0.2, 0.25) is 5.02 Å². The highest BCUT2D eigenvalue weighted by Gasteiger charge is 2.14. The van der Waals surface area contributed by atoms with Crippen molar-refractivity contribution in [2.24, 2.45) is 0 Å². The first-order valence-electron chi connectivity index (χ1n) is 10.1. The monoisotopic (exact) mass is 434 g/mol. The molecule has 3 aromatic carbocycles. The van der Waals surface area contributed by atoms with E-state index in [4.69, 9.17) is 20.8 Å². The second-order valence-corrected chi connectivity index (χ2v) is 7.81. The molecule has 0 aliphatic carbocycles. The van der Waals surface area contributed by atoms with Gasteiger partial charge < -0.3 is 14.5 Å². The predicted molar refractivity (Wildman–Crippen MR) is 124 cm³/mol. The Hall–Kier alpha value is -3.31. The number of amides is 1. The highest BCUT2D eigenvalue weighted by atomic mass is 35.5. The molecule has 0 atom stereocenters. The van der Waals surface area contributed by atoms with Gasteiger partial charge in [0.1, 0.15) is 11.3 Å². The maximum Gasteiger partial charge on any atom is 0.262 e. The SMILES string of the molecule is CCc1ccc2oc(-c3cc(NC(=O)COc4cccc(C)c4C)ccc3Cl)nc2c1. The van der Waals surface area contributed by atoms with Gasteiger partial charge in [0.2, 0.25) is 5.89 Å². The van der Waals surface area contributed by atoms with Gasteiger partial charge in [-0.25, -0.2) is 4.98 Å². The molecule has 4 rings (SSSR count). The molecular formula is C25H23ClN2O3. The number of carbonyl (C=O) groups is 1. The minimum atomic E-state index is -0.265. The van der Waals surface area contributed by atoms with Crippen LogP contribution >= 0.6 is 11.6 Å². The largest absolute Gasteiger partial charge is 0.483 e. The van der Waals surface area contributed by atoms with Crippen molar-refractivity contribution in [3.63, 3.8) is 0 Å². The van der Waals surface area contributed by atoms with E-state index < -0.39 is 0 Å². The standard InChI is InChI=1S/C25H23ClN2O3/c1-4-17-8-11-23-21(12-17)28-25(31-23)19-13-18(9-10-20(19)26)27-24(29)14-30-22-7-5-6-15(2)16(22)3/h5-13H,4,14H2,1-3H3,(H,27,29). The summed E-state index contributed by atoms with van der Waals surface area (Å²) >= 11 is 6.39. The number of hydrogen-bond acceptors (Lipinski definition) is 4. The summed E-state index contributed by atoms with van der Waals surface area (Å²) in [5, 5.41) is 3.34. The van der Waals surface area contributed by atoms with E-state index in [2.05, 4.69) is 17.2 Å². The van der Waals surface area contributed by atoms with Crippen molar-refractivity contribution in [2.45, 2.75) is 27.2 Å². The molecule has 1 amide bonds. The number of oxazole rings is 1. The molecule has 1 N–H and O–H groups in total. The summed E-state index contributed by atoms with van der Waals surface area (Å²) in [4.78, 5) is 17.0. The van der Waals surface area contributed by atoms with Crippen molar-refractivity contribution in [2.75, 3.05) is 11.9 Å². The normalized spacial score (nSPS) is 11.0. The molecule has 0 bridgehead atoms. The number of nitrogens with one attached hydrogen (secondary N) is 1. The Morgan fingerprint density at radius 3 is 2.77 bits per heavy atom. The quantitative estimate of drug-likeness (QED) is 0.384. The minimum Gasteiger partial charge on any atom is -0.483 e. The van der Waals surface area contributed by atoms with Crippen LogP contribution in [-0.2, 0) is 11.2 Å². The molecule has 6 heteroatoms. The lowest BCUT2D eigenvalue weighted by molar-refractivity contribution is -0.118. The second-order valence-electron chi connectivity index (χ2n) is 7.40. The molecule has 1 aromatic heterocycles. The van der Waals surface area contributed by atoms with Gasteiger partial charge in [0.05, 0.1) is 10.6 Å². The number of hydrogen-bond donors (Lipinski definition) is 1. The molecule has 0 spiro atoms. The molecule has 0 saturated carbocycles. The lowest BCUT2D eigenvalue weighted by atomic mass is 10.1. The summed E-state index contributed by atoms with van der Waals surface area (Å²) in [6, 6.07) is 16.9. The number of rotatable bonds is 6. The van der Waals surface area contributed by atoms with E-state index in [-0.39, 0.29) is 12.5 Å². The molecular weight excluding hydrogens is 412 g/mol. The first-order chi connectivity index (χ1) is 14.9. The number of halogens is 1. The lowest BCUT2D eigenvalue weighted by Crippen LogP contribution is -2.20. The Labute approximate surface area is 186 Å². The molecule has 0 unspecified atom stereocenters. The Kier molecular flexibility index (Phi) is 5.96. The number of carbonyl (C=O) groups excluding carboxylic acids is 1. The van der Waals surface area contributed by atoms with Crippen molar-refractivity contribution >= 4 is 34.3 Å². The van der Waals surface area contributed by atoms with Gasteiger partial charge >= 0.3 is 0 Å². The number of aromatic nitrogens is 1. The van der Waals surface area contributed by atoms with E-state index in [9.17, 15) is 4.79 Å². The summed E-state index contributed by atoms with van der Waals surface area (Å²) in [7, 11) is 0. The van der Waals surface area contributed by atoms with Crippen LogP contribution in [0.1, 0.15) is 23.6 Å². The molecule has 0 radical (unpaired) electrons. The van der Waals surface area contributed by atoms with E-state index >= 15 is 0 Å². The van der Waals surface area contributed by atoms with Crippen LogP contribution in [0.25, 0.3) is 22.6 Å². The average Bonchev–Trinajstić information content (AvgIpc) is 3.19. The summed E-state index contributed by atoms with van der Waals surface area (Å²) in [5.74, 6) is 0.847. The number of aryl methyl sites for hydroxylation is 2. The van der Waals surface area contributed by atoms with Crippen LogP contribution in [0.15, 0.2) is 59.0 Å². The molecule has 0 aliphatic rings. The molecule has 31 heavy (non-hydrogen) atoms. The van der Waals surface area contributed by atoms with Gasteiger partial charge in [-0.15, -0.1) is 0 Å². The van der Waals surface area contributed by atoms with Crippen molar-refractivity contribution in [3.05, 3.63) is 76.3 Å². The highest BCUT2D eigenvalue weighted by molar-refractivity contribution is 6.33. The molecule has 0 aliphatic heterocycles. The Balaban J connectivity index is 1.51. The number of ether oxygens (including phenoxy) is 1. The number of fused-ring (bicyclic) bond motifs is 1. The Morgan fingerprint density at radius 2 is 1.97 bits per heavy atom. The predicted octanol–water partition coefficient (Wildman–Crippen LogP) is 6.34. The van der Waals surface area contributed by atoms with E-state index in [1.54, 1.807) is 18.2 Å². The van der Waals surface area contributed by atoms with Gasteiger partial charge in [-0.2, -0.15) is 0 Å². The van der Waals surface area contributed by atoms with Crippen LogP contribution in [0.3, 0.4) is 0 Å². The van der Waals surface area contributed by atoms with Gasteiger partial charge in [0.25, 0.3) is 5.91 Å². The molecule has 4 aromatic rings. The fourth-order valence-electron chi connectivity index (χ4n) is 3.30. The molecule has 1 heterocycles. The summed E-state index contributed by atoms with van der Waals surface area (Å²) in [5.41, 5.74) is 6.00. The van der Waals surface area contributed by atoms with Crippen molar-refractivity contribution in [1.29, 1.82) is 0 Å². The molecule has 0 saturated heterocycles. The third-order valence-corrected chi connectivity index (χ3v) is 5.58. The van der Waals surface area contributed by atoms with E-state index in [0.717, 1.165) is 23.1 Å². The second kappa shape index (κ2) is 8.82. The van der Waals surface area contributed by atoms with Crippen LogP contribution in [0, 0.1) is 13.8 Å². The van der Waals surface area contributed by atoms with Gasteiger partial charge in [0.15, 0.2) is 12.2 Å². The zero-order valence-corrected chi connectivity index (χ0v) is 18.4. The van der Waals surface area contributed by atoms with Crippen LogP contribution in [0.4, 0.5) is 5.69 Å². The third kappa shape index (κ3) is 4.57. The van der Waals surface area contributed by atoms with Gasteiger partial charge in [-0.1, -0.05) is 36.7 Å². The Bertz CT molecular complexity index is 1260. The minimum absolute atomic E-state index is 0.0923. The zero-order chi connectivity index (χ0) is 22.0. The number of nitrogens with zero attached hydrogens (tertiary/aromatic N) is 1. The lowest BCUT2D eigenvalue weighted by Gasteiger charge is -2.11. The number of benzene rings is 3. The highest BCUT2D eigenvalue weighted by Crippen LogP contribution is 2.32. The molecule has 158 valence electrons. The van der Waals surface area contributed by atoms with Crippen LogP contribution in [-0.4, -0.2) is 17.5 Å². The summed E-state index contributed by atoms with van der Waals surface area (Å²) in [6.07, 6.45) is 0.921. The first kappa shape index (κ1) is 20.9. The maximum atomic E-state index is 12.4. The first-order valence-corrected chi connectivity index (χ1v) is 10.5. The van der Waals surface area contributed by atoms with Crippen molar-refractivity contribution in [1.82, 2.24) is 4.98 Å². The fourth-order valence-corrected chi connectivity index (χ4v) is 3.49. The smallest absolute Gasteiger partial charge is 0.262 e. The van der Waals surface area contributed by atoms with Crippen LogP contribution < -0.4 is 10.1 Å². The Morgan fingerprint density at radius 1 is 1.13 bits per heavy atom.